The van der Waals surface area contributed by atoms with Gasteiger partial charge in [-0.25, -0.2) is 9.38 Å². The third-order valence-electron chi connectivity index (χ3n) is 4.33. The largest absolute Gasteiger partial charge is 0.503 e. The Bertz CT molecular complexity index is 1310. The van der Waals surface area contributed by atoms with Crippen molar-refractivity contribution in [2.24, 2.45) is 0 Å². The molecule has 2 aromatic heterocycles. The Labute approximate surface area is 164 Å². The number of phenolic OH excluding ortho intramolecular Hbond substituents is 1. The van der Waals surface area contributed by atoms with E-state index in [2.05, 4.69) is 11.1 Å². The van der Waals surface area contributed by atoms with Crippen LogP contribution in [0.15, 0.2) is 29.1 Å². The van der Waals surface area contributed by atoms with Crippen LogP contribution >= 0.6 is 22.9 Å². The molecule has 5 nitrogen and oxygen atoms in total. The topological polar surface area (TPSA) is 63.8 Å². The van der Waals surface area contributed by atoms with Gasteiger partial charge in [-0.1, -0.05) is 29.0 Å². The number of hydrogen-bond donors (Lipinski definition) is 1. The monoisotopic (exact) mass is 400 g/mol. The molecule has 0 atom stereocenters. The van der Waals surface area contributed by atoms with Crippen LogP contribution in [-0.2, 0) is 0 Å². The maximum atomic E-state index is 13.0. The zero-order valence-corrected chi connectivity index (χ0v) is 16.6. The standard InChI is InChI=1S/C20H17ClN2O3S/c1-4-26-15-8-12(7-13(21)18(15)24)9-16-19(25)23-14-6-10(2)5-11(3)17(14)22-20(23)27-16/h5-9,24H,4H2,1-3H3/b16-9+. The lowest BCUT2D eigenvalue weighted by molar-refractivity contribution is 0.318. The number of phenols is 1. The molecule has 0 radical (unpaired) electrons. The number of nitrogens with zero attached hydrogens (tertiary/aromatic N) is 2. The molecular formula is C20H17ClN2O3S. The molecule has 0 aliphatic carbocycles. The van der Waals surface area contributed by atoms with Gasteiger partial charge in [0, 0.05) is 0 Å². The highest BCUT2D eigenvalue weighted by Gasteiger charge is 2.14. The summed E-state index contributed by atoms with van der Waals surface area (Å²) in [6, 6.07) is 7.31. The zero-order valence-electron chi connectivity index (χ0n) is 15.0. The normalized spacial score (nSPS) is 12.4. The molecule has 0 saturated heterocycles. The van der Waals surface area contributed by atoms with Crippen LogP contribution in [0.5, 0.6) is 11.5 Å². The smallest absolute Gasteiger partial charge is 0.274 e. The van der Waals surface area contributed by atoms with E-state index < -0.39 is 0 Å². The summed E-state index contributed by atoms with van der Waals surface area (Å²) < 4.78 is 7.60. The molecule has 0 unspecified atom stereocenters. The first-order valence-electron chi connectivity index (χ1n) is 8.48. The van der Waals surface area contributed by atoms with Gasteiger partial charge in [-0.05, 0) is 61.7 Å². The first-order chi connectivity index (χ1) is 12.9. The van der Waals surface area contributed by atoms with Gasteiger partial charge in [0.05, 0.1) is 27.2 Å². The lowest BCUT2D eigenvalue weighted by Gasteiger charge is -2.08. The summed E-state index contributed by atoms with van der Waals surface area (Å²) >= 11 is 7.41. The van der Waals surface area contributed by atoms with Crippen molar-refractivity contribution in [2.75, 3.05) is 6.61 Å². The van der Waals surface area contributed by atoms with E-state index in [1.807, 2.05) is 26.8 Å². The SMILES string of the molecule is CCOc1cc(/C=c2/sc3nc4c(C)cc(C)cc4n3c2=O)cc(Cl)c1O. The Balaban J connectivity index is 1.95. The third-order valence-corrected chi connectivity index (χ3v) is 5.58. The average Bonchev–Trinajstić information content (AvgIpc) is 3.10. The number of benzene rings is 2. The van der Waals surface area contributed by atoms with Gasteiger partial charge in [0.2, 0.25) is 0 Å². The summed E-state index contributed by atoms with van der Waals surface area (Å²) in [5.41, 5.74) is 4.37. The summed E-state index contributed by atoms with van der Waals surface area (Å²) in [4.78, 5) is 18.3. The third kappa shape index (κ3) is 2.95. The number of aromatic hydroxyl groups is 1. The van der Waals surface area contributed by atoms with Gasteiger partial charge < -0.3 is 9.84 Å². The molecular weight excluding hydrogens is 384 g/mol. The molecule has 0 fully saturated rings. The van der Waals surface area contributed by atoms with E-state index >= 15 is 0 Å². The number of fused-ring (bicyclic) bond motifs is 3. The number of imidazole rings is 1. The molecule has 4 rings (SSSR count). The summed E-state index contributed by atoms with van der Waals surface area (Å²) in [5, 5.41) is 10.2. The van der Waals surface area contributed by atoms with E-state index in [9.17, 15) is 9.90 Å². The summed E-state index contributed by atoms with van der Waals surface area (Å²) in [7, 11) is 0. The molecule has 138 valence electrons. The minimum absolute atomic E-state index is 0.101. The quantitative estimate of drug-likeness (QED) is 0.567. The van der Waals surface area contributed by atoms with Crippen molar-refractivity contribution < 1.29 is 9.84 Å². The van der Waals surface area contributed by atoms with Crippen molar-refractivity contribution in [2.45, 2.75) is 20.8 Å². The molecule has 1 N–H and O–H groups in total. The van der Waals surface area contributed by atoms with Crippen LogP contribution in [0.2, 0.25) is 5.02 Å². The molecule has 0 saturated carbocycles. The predicted molar refractivity (Wildman–Crippen MR) is 109 cm³/mol. The van der Waals surface area contributed by atoms with Crippen molar-refractivity contribution in [3.05, 3.63) is 60.9 Å². The summed E-state index contributed by atoms with van der Waals surface area (Å²) in [6.07, 6.45) is 1.74. The Kier molecular flexibility index (Phi) is 4.32. The fraction of sp³-hybridized carbons (Fsp3) is 0.200. The second-order valence-corrected chi connectivity index (χ2v) is 7.79. The van der Waals surface area contributed by atoms with Gasteiger partial charge in [0.25, 0.3) is 5.56 Å². The van der Waals surface area contributed by atoms with Crippen LogP contribution < -0.4 is 14.8 Å². The molecule has 27 heavy (non-hydrogen) atoms. The number of halogens is 1. The van der Waals surface area contributed by atoms with Crippen molar-refractivity contribution in [1.82, 2.24) is 9.38 Å². The predicted octanol–water partition coefficient (Wildman–Crippen LogP) is 3.83. The Hall–Kier alpha value is -2.57. The fourth-order valence-corrected chi connectivity index (χ4v) is 4.40. The lowest BCUT2D eigenvalue weighted by Crippen LogP contribution is -2.22. The highest BCUT2D eigenvalue weighted by Crippen LogP contribution is 2.35. The van der Waals surface area contributed by atoms with Crippen molar-refractivity contribution in [1.29, 1.82) is 0 Å². The number of ether oxygens (including phenoxy) is 1. The zero-order chi connectivity index (χ0) is 19.3. The Morgan fingerprint density at radius 2 is 2.07 bits per heavy atom. The van der Waals surface area contributed by atoms with Crippen LogP contribution in [0.25, 0.3) is 22.1 Å². The van der Waals surface area contributed by atoms with Gasteiger partial charge in [-0.15, -0.1) is 0 Å². The van der Waals surface area contributed by atoms with Gasteiger partial charge >= 0.3 is 0 Å². The number of aryl methyl sites for hydroxylation is 2. The molecule has 4 aromatic rings. The van der Waals surface area contributed by atoms with Crippen LogP contribution in [0.1, 0.15) is 23.6 Å². The molecule has 0 aliphatic rings. The van der Waals surface area contributed by atoms with E-state index in [4.69, 9.17) is 16.3 Å². The van der Waals surface area contributed by atoms with Crippen LogP contribution in [0, 0.1) is 13.8 Å². The van der Waals surface area contributed by atoms with E-state index in [1.165, 1.54) is 11.3 Å². The Morgan fingerprint density at radius 1 is 1.30 bits per heavy atom. The lowest BCUT2D eigenvalue weighted by atomic mass is 10.1. The van der Waals surface area contributed by atoms with Gasteiger partial charge in [0.15, 0.2) is 16.5 Å². The van der Waals surface area contributed by atoms with E-state index in [0.29, 0.717) is 27.4 Å². The molecule has 0 spiro atoms. The molecule has 2 heterocycles. The minimum Gasteiger partial charge on any atom is -0.503 e. The summed E-state index contributed by atoms with van der Waals surface area (Å²) in [6.45, 7) is 6.22. The Morgan fingerprint density at radius 3 is 2.81 bits per heavy atom. The first kappa shape index (κ1) is 17.8. The van der Waals surface area contributed by atoms with Gasteiger partial charge in [-0.3, -0.25) is 4.79 Å². The first-order valence-corrected chi connectivity index (χ1v) is 9.67. The fourth-order valence-electron chi connectivity index (χ4n) is 3.20. The number of thiazole rings is 1. The highest BCUT2D eigenvalue weighted by molar-refractivity contribution is 7.15. The van der Waals surface area contributed by atoms with E-state index in [-0.39, 0.29) is 16.3 Å². The second kappa shape index (κ2) is 6.55. The molecule has 0 amide bonds. The van der Waals surface area contributed by atoms with Crippen molar-refractivity contribution in [3.8, 4) is 11.5 Å². The number of rotatable bonds is 3. The van der Waals surface area contributed by atoms with Crippen molar-refractivity contribution in [3.63, 3.8) is 0 Å². The summed E-state index contributed by atoms with van der Waals surface area (Å²) in [5.74, 6) is 0.192. The van der Waals surface area contributed by atoms with Gasteiger partial charge in [-0.2, -0.15) is 0 Å². The molecule has 7 heteroatoms. The highest BCUT2D eigenvalue weighted by atomic mass is 35.5. The average molecular weight is 401 g/mol. The van der Waals surface area contributed by atoms with Crippen molar-refractivity contribution >= 4 is 45.0 Å². The van der Waals surface area contributed by atoms with Crippen LogP contribution in [-0.4, -0.2) is 21.1 Å². The van der Waals surface area contributed by atoms with Gasteiger partial charge in [0.1, 0.15) is 0 Å². The maximum Gasteiger partial charge on any atom is 0.274 e. The van der Waals surface area contributed by atoms with Crippen LogP contribution in [0.3, 0.4) is 0 Å². The van der Waals surface area contributed by atoms with Crippen LogP contribution in [0.4, 0.5) is 0 Å². The van der Waals surface area contributed by atoms with E-state index in [0.717, 1.165) is 22.2 Å². The van der Waals surface area contributed by atoms with E-state index in [1.54, 1.807) is 22.6 Å². The number of hydrogen-bond acceptors (Lipinski definition) is 5. The minimum atomic E-state index is -0.121. The molecule has 0 bridgehead atoms. The molecule has 2 aromatic carbocycles. The maximum absolute atomic E-state index is 13.0. The second-order valence-electron chi connectivity index (χ2n) is 6.38. The number of aromatic nitrogens is 2. The molecule has 0 aliphatic heterocycles.